The summed E-state index contributed by atoms with van der Waals surface area (Å²) in [6.07, 6.45) is 7.99. The largest absolute Gasteiger partial charge is 0.297 e. The minimum absolute atomic E-state index is 0.209. The minimum atomic E-state index is 0.209. The highest BCUT2D eigenvalue weighted by Gasteiger charge is 2.27. The number of carbonyl (C=O) groups is 1. The Morgan fingerprint density at radius 2 is 2.07 bits per heavy atom. The first-order chi connectivity index (χ1) is 7.27. The first-order valence-electron chi connectivity index (χ1n) is 5.74. The van der Waals surface area contributed by atoms with Crippen LogP contribution in [0, 0.1) is 5.92 Å². The molecule has 1 heterocycles. The summed E-state index contributed by atoms with van der Waals surface area (Å²) in [6, 6.07) is 0. The van der Waals surface area contributed by atoms with Crippen LogP contribution in [0.1, 0.15) is 38.5 Å². The van der Waals surface area contributed by atoms with E-state index in [0.717, 1.165) is 23.2 Å². The van der Waals surface area contributed by atoms with Gasteiger partial charge < -0.3 is 0 Å². The smallest absolute Gasteiger partial charge is 0.238 e. The van der Waals surface area contributed by atoms with E-state index in [2.05, 4.69) is 0 Å². The van der Waals surface area contributed by atoms with Crippen LogP contribution in [0.4, 0.5) is 0 Å². The van der Waals surface area contributed by atoms with E-state index in [1.165, 1.54) is 43.9 Å². The Hall–Kier alpha value is -0.0900. The lowest BCUT2D eigenvalue weighted by molar-refractivity contribution is -0.124. The van der Waals surface area contributed by atoms with Crippen LogP contribution in [0.15, 0.2) is 0 Å². The Kier molecular flexibility index (Phi) is 4.03. The van der Waals surface area contributed by atoms with E-state index in [4.69, 9.17) is 12.2 Å². The van der Waals surface area contributed by atoms with Crippen molar-refractivity contribution in [1.82, 2.24) is 4.90 Å². The summed E-state index contributed by atoms with van der Waals surface area (Å²) in [4.78, 5) is 13.3. The Bertz CT molecular complexity index is 245. The van der Waals surface area contributed by atoms with Gasteiger partial charge in [-0.25, -0.2) is 0 Å². The van der Waals surface area contributed by atoms with Gasteiger partial charge in [-0.15, -0.1) is 0 Å². The van der Waals surface area contributed by atoms with E-state index in [-0.39, 0.29) is 5.91 Å². The maximum absolute atomic E-state index is 11.5. The molecule has 1 amide bonds. The quantitative estimate of drug-likeness (QED) is 0.711. The summed E-state index contributed by atoms with van der Waals surface area (Å²) in [5, 5.41) is 0. The summed E-state index contributed by atoms with van der Waals surface area (Å²) in [5.74, 6) is 1.60. The van der Waals surface area contributed by atoms with Gasteiger partial charge in [-0.3, -0.25) is 9.69 Å². The maximum atomic E-state index is 11.5. The predicted molar refractivity (Wildman–Crippen MR) is 68.0 cm³/mol. The van der Waals surface area contributed by atoms with Crippen molar-refractivity contribution in [1.29, 1.82) is 0 Å². The third-order valence-corrected chi connectivity index (χ3v) is 4.76. The highest BCUT2D eigenvalue weighted by molar-refractivity contribution is 8.23. The molecule has 1 saturated heterocycles. The monoisotopic (exact) mass is 243 g/mol. The normalized spacial score (nSPS) is 23.9. The summed E-state index contributed by atoms with van der Waals surface area (Å²) < 4.78 is 0.788. The lowest BCUT2D eigenvalue weighted by atomic mass is 9.87. The standard InChI is InChI=1S/C11H17NOS2/c13-10-8-15-11(14)12(10)7-6-9-4-2-1-3-5-9/h9H,1-8H2. The second-order valence-electron chi connectivity index (χ2n) is 4.39. The molecular weight excluding hydrogens is 226 g/mol. The molecule has 1 saturated carbocycles. The van der Waals surface area contributed by atoms with Crippen molar-refractivity contribution in [2.24, 2.45) is 5.92 Å². The highest BCUT2D eigenvalue weighted by atomic mass is 32.2. The van der Waals surface area contributed by atoms with E-state index in [1.807, 2.05) is 0 Å². The second-order valence-corrected chi connectivity index (χ2v) is 6.00. The van der Waals surface area contributed by atoms with Gasteiger partial charge in [0.05, 0.1) is 5.75 Å². The SMILES string of the molecule is O=C1CSC(=S)N1CCC1CCCCC1. The molecule has 0 aromatic heterocycles. The molecule has 0 radical (unpaired) electrons. The average molecular weight is 243 g/mol. The van der Waals surface area contributed by atoms with Crippen molar-refractivity contribution in [3.63, 3.8) is 0 Å². The van der Waals surface area contributed by atoms with Crippen LogP contribution >= 0.6 is 24.0 Å². The van der Waals surface area contributed by atoms with Crippen LogP contribution in [-0.2, 0) is 4.79 Å². The molecule has 0 aromatic carbocycles. The molecule has 0 N–H and O–H groups in total. The zero-order valence-electron chi connectivity index (χ0n) is 8.91. The van der Waals surface area contributed by atoms with Gasteiger partial charge in [-0.05, 0) is 12.3 Å². The van der Waals surface area contributed by atoms with E-state index >= 15 is 0 Å². The number of nitrogens with zero attached hydrogens (tertiary/aromatic N) is 1. The van der Waals surface area contributed by atoms with Crippen LogP contribution in [0.2, 0.25) is 0 Å². The second kappa shape index (κ2) is 5.30. The van der Waals surface area contributed by atoms with Gasteiger partial charge >= 0.3 is 0 Å². The average Bonchev–Trinajstić information content (AvgIpc) is 2.58. The summed E-state index contributed by atoms with van der Waals surface area (Å²) in [7, 11) is 0. The fourth-order valence-electron chi connectivity index (χ4n) is 2.38. The molecule has 2 nitrogen and oxygen atoms in total. The van der Waals surface area contributed by atoms with E-state index in [1.54, 1.807) is 4.90 Å². The van der Waals surface area contributed by atoms with Crippen molar-refractivity contribution >= 4 is 34.2 Å². The van der Waals surface area contributed by atoms with Gasteiger partial charge in [0.25, 0.3) is 0 Å². The number of amides is 1. The Labute approximate surface area is 101 Å². The zero-order valence-corrected chi connectivity index (χ0v) is 10.5. The van der Waals surface area contributed by atoms with Gasteiger partial charge in [0.2, 0.25) is 5.91 Å². The Morgan fingerprint density at radius 3 is 2.67 bits per heavy atom. The Morgan fingerprint density at radius 1 is 1.33 bits per heavy atom. The summed E-state index contributed by atoms with van der Waals surface area (Å²) in [6.45, 7) is 0.856. The molecule has 1 aliphatic heterocycles. The van der Waals surface area contributed by atoms with Gasteiger partial charge in [0.1, 0.15) is 4.32 Å². The van der Waals surface area contributed by atoms with Crippen molar-refractivity contribution in [2.45, 2.75) is 38.5 Å². The van der Waals surface area contributed by atoms with Crippen LogP contribution in [0.25, 0.3) is 0 Å². The maximum Gasteiger partial charge on any atom is 0.238 e. The van der Waals surface area contributed by atoms with Gasteiger partial charge in [0, 0.05) is 6.54 Å². The highest BCUT2D eigenvalue weighted by Crippen LogP contribution is 2.28. The molecule has 0 aromatic rings. The molecule has 0 bridgehead atoms. The number of thioether (sulfide) groups is 1. The van der Waals surface area contributed by atoms with Crippen molar-refractivity contribution in [2.75, 3.05) is 12.3 Å². The first kappa shape index (κ1) is 11.4. The summed E-state index contributed by atoms with van der Waals surface area (Å²) in [5.41, 5.74) is 0. The molecule has 4 heteroatoms. The molecule has 0 unspecified atom stereocenters. The third-order valence-electron chi connectivity index (χ3n) is 3.33. The lowest BCUT2D eigenvalue weighted by Gasteiger charge is -2.24. The summed E-state index contributed by atoms with van der Waals surface area (Å²) >= 11 is 6.66. The Balaban J connectivity index is 1.76. The van der Waals surface area contributed by atoms with E-state index in [9.17, 15) is 4.79 Å². The molecule has 84 valence electrons. The predicted octanol–water partition coefficient (Wildman–Crippen LogP) is 2.82. The van der Waals surface area contributed by atoms with Gasteiger partial charge in [0.15, 0.2) is 0 Å². The van der Waals surface area contributed by atoms with Crippen LogP contribution in [-0.4, -0.2) is 27.4 Å². The van der Waals surface area contributed by atoms with Crippen LogP contribution in [0.3, 0.4) is 0 Å². The van der Waals surface area contributed by atoms with Gasteiger partial charge in [-0.2, -0.15) is 0 Å². The molecule has 2 aliphatic rings. The van der Waals surface area contributed by atoms with Crippen LogP contribution < -0.4 is 0 Å². The number of rotatable bonds is 3. The number of hydrogen-bond donors (Lipinski definition) is 0. The zero-order chi connectivity index (χ0) is 10.7. The van der Waals surface area contributed by atoms with E-state index < -0.39 is 0 Å². The molecule has 15 heavy (non-hydrogen) atoms. The number of hydrogen-bond acceptors (Lipinski definition) is 3. The molecule has 2 rings (SSSR count). The molecule has 0 atom stereocenters. The fourth-order valence-corrected chi connectivity index (χ4v) is 3.51. The van der Waals surface area contributed by atoms with Crippen molar-refractivity contribution < 1.29 is 4.79 Å². The molecular formula is C11H17NOS2. The molecule has 0 spiro atoms. The van der Waals surface area contributed by atoms with Gasteiger partial charge in [-0.1, -0.05) is 56.1 Å². The number of thiocarbonyl (C=S) groups is 1. The fraction of sp³-hybridized carbons (Fsp3) is 0.818. The van der Waals surface area contributed by atoms with Crippen molar-refractivity contribution in [3.8, 4) is 0 Å². The van der Waals surface area contributed by atoms with Crippen molar-refractivity contribution in [3.05, 3.63) is 0 Å². The number of carbonyl (C=O) groups excluding carboxylic acids is 1. The third kappa shape index (κ3) is 2.94. The topological polar surface area (TPSA) is 20.3 Å². The molecule has 1 aliphatic carbocycles. The lowest BCUT2D eigenvalue weighted by Crippen LogP contribution is -2.30. The minimum Gasteiger partial charge on any atom is -0.297 e. The molecule has 2 fully saturated rings. The first-order valence-corrected chi connectivity index (χ1v) is 7.14. The van der Waals surface area contributed by atoms with E-state index in [0.29, 0.717) is 5.75 Å². The van der Waals surface area contributed by atoms with Crippen LogP contribution in [0.5, 0.6) is 0 Å².